The number of hydrogen-bond acceptors (Lipinski definition) is 5. The van der Waals surface area contributed by atoms with Crippen molar-refractivity contribution < 1.29 is 4.79 Å². The number of aromatic nitrogens is 3. The van der Waals surface area contributed by atoms with E-state index in [0.29, 0.717) is 18.1 Å². The average molecular weight is 333 g/mol. The van der Waals surface area contributed by atoms with Crippen LogP contribution in [0.1, 0.15) is 28.4 Å². The van der Waals surface area contributed by atoms with Gasteiger partial charge in [-0.2, -0.15) is 0 Å². The van der Waals surface area contributed by atoms with Gasteiger partial charge in [0.2, 0.25) is 5.95 Å². The smallest absolute Gasteiger partial charge is 0.258 e. The van der Waals surface area contributed by atoms with E-state index < -0.39 is 0 Å². The van der Waals surface area contributed by atoms with Crippen molar-refractivity contribution in [1.29, 1.82) is 0 Å². The first-order valence-electron chi connectivity index (χ1n) is 8.09. The van der Waals surface area contributed by atoms with Crippen LogP contribution in [0, 0.1) is 0 Å². The summed E-state index contributed by atoms with van der Waals surface area (Å²) in [7, 11) is 0. The van der Waals surface area contributed by atoms with Gasteiger partial charge in [0, 0.05) is 37.0 Å². The average Bonchev–Trinajstić information content (AvgIpc) is 2.68. The Hall–Kier alpha value is -3.28. The van der Waals surface area contributed by atoms with Crippen molar-refractivity contribution in [3.63, 3.8) is 0 Å². The quantitative estimate of drug-likeness (QED) is 0.723. The van der Waals surface area contributed by atoms with Gasteiger partial charge in [-0.3, -0.25) is 9.78 Å². The molecule has 1 aromatic carbocycles. The first-order chi connectivity index (χ1) is 12.2. The predicted molar refractivity (Wildman–Crippen MR) is 97.4 cm³/mol. The Morgan fingerprint density at radius 2 is 1.64 bits per heavy atom. The predicted octanol–water partition coefficient (Wildman–Crippen LogP) is 3.30. The summed E-state index contributed by atoms with van der Waals surface area (Å²) < 4.78 is 0. The van der Waals surface area contributed by atoms with E-state index in [1.807, 2.05) is 36.4 Å². The lowest BCUT2D eigenvalue weighted by atomic mass is 10.1. The maximum Gasteiger partial charge on any atom is 0.258 e. The molecular formula is C19H19N5O. The number of nitrogens with zero attached hydrogens (tertiary/aromatic N) is 3. The SMILES string of the molecule is CCc1ccc(NC(=O)c2cnc(NCc3ccncc3)nc2)cc1. The van der Waals surface area contributed by atoms with E-state index in [9.17, 15) is 4.79 Å². The third-order valence-electron chi connectivity index (χ3n) is 3.73. The van der Waals surface area contributed by atoms with Crippen LogP contribution in [0.4, 0.5) is 11.6 Å². The monoisotopic (exact) mass is 333 g/mol. The van der Waals surface area contributed by atoms with Crippen LogP contribution < -0.4 is 10.6 Å². The molecule has 0 atom stereocenters. The highest BCUT2D eigenvalue weighted by Gasteiger charge is 2.08. The van der Waals surface area contributed by atoms with Gasteiger partial charge in [0.25, 0.3) is 5.91 Å². The minimum absolute atomic E-state index is 0.232. The fraction of sp³-hybridized carbons (Fsp3) is 0.158. The molecule has 0 spiro atoms. The summed E-state index contributed by atoms with van der Waals surface area (Å²) in [5, 5.41) is 5.95. The summed E-state index contributed by atoms with van der Waals surface area (Å²) in [6.07, 6.45) is 7.46. The van der Waals surface area contributed by atoms with Crippen LogP contribution in [0.25, 0.3) is 0 Å². The molecule has 25 heavy (non-hydrogen) atoms. The highest BCUT2D eigenvalue weighted by atomic mass is 16.1. The summed E-state index contributed by atoms with van der Waals surface area (Å²) in [5.74, 6) is 0.241. The van der Waals surface area contributed by atoms with Crippen LogP contribution in [0.5, 0.6) is 0 Å². The van der Waals surface area contributed by atoms with E-state index in [1.165, 1.54) is 18.0 Å². The van der Waals surface area contributed by atoms with Gasteiger partial charge in [-0.05, 0) is 41.8 Å². The standard InChI is InChI=1S/C19H19N5O/c1-2-14-3-5-17(6-4-14)24-18(25)16-12-22-19(23-13-16)21-11-15-7-9-20-10-8-15/h3-10,12-13H,2,11H2,1H3,(H,24,25)(H,21,22,23). The van der Waals surface area contributed by atoms with Crippen molar-refractivity contribution in [1.82, 2.24) is 15.0 Å². The second-order valence-electron chi connectivity index (χ2n) is 5.51. The highest BCUT2D eigenvalue weighted by Crippen LogP contribution is 2.12. The number of carbonyl (C=O) groups is 1. The third-order valence-corrected chi connectivity index (χ3v) is 3.73. The van der Waals surface area contributed by atoms with Crippen molar-refractivity contribution in [2.75, 3.05) is 10.6 Å². The van der Waals surface area contributed by atoms with Crippen LogP contribution in [-0.2, 0) is 13.0 Å². The van der Waals surface area contributed by atoms with Crippen LogP contribution in [0.2, 0.25) is 0 Å². The van der Waals surface area contributed by atoms with Gasteiger partial charge >= 0.3 is 0 Å². The van der Waals surface area contributed by atoms with Gasteiger partial charge < -0.3 is 10.6 Å². The van der Waals surface area contributed by atoms with Crippen molar-refractivity contribution >= 4 is 17.5 Å². The van der Waals surface area contributed by atoms with Crippen LogP contribution in [0.3, 0.4) is 0 Å². The Balaban J connectivity index is 1.58. The Labute approximate surface area is 146 Å². The third kappa shape index (κ3) is 4.60. The van der Waals surface area contributed by atoms with Gasteiger partial charge in [-0.25, -0.2) is 9.97 Å². The molecule has 3 aromatic rings. The Morgan fingerprint density at radius 1 is 0.960 bits per heavy atom. The molecule has 0 aliphatic rings. The molecule has 0 saturated carbocycles. The Kier molecular flexibility index (Phi) is 5.31. The topological polar surface area (TPSA) is 79.8 Å². The number of nitrogens with one attached hydrogen (secondary N) is 2. The molecule has 2 heterocycles. The molecule has 0 aliphatic carbocycles. The zero-order valence-corrected chi connectivity index (χ0v) is 13.9. The van der Waals surface area contributed by atoms with Crippen LogP contribution >= 0.6 is 0 Å². The number of benzene rings is 1. The van der Waals surface area contributed by atoms with E-state index in [0.717, 1.165) is 17.7 Å². The summed E-state index contributed by atoms with van der Waals surface area (Å²) in [5.41, 5.74) is 3.47. The van der Waals surface area contributed by atoms with E-state index in [4.69, 9.17) is 0 Å². The summed E-state index contributed by atoms with van der Waals surface area (Å²) >= 11 is 0. The molecule has 1 amide bonds. The summed E-state index contributed by atoms with van der Waals surface area (Å²) in [6.45, 7) is 2.69. The van der Waals surface area contributed by atoms with Gasteiger partial charge in [0.15, 0.2) is 0 Å². The van der Waals surface area contributed by atoms with Crippen LogP contribution in [-0.4, -0.2) is 20.9 Å². The van der Waals surface area contributed by atoms with E-state index in [-0.39, 0.29) is 5.91 Å². The minimum Gasteiger partial charge on any atom is -0.350 e. The largest absolute Gasteiger partial charge is 0.350 e. The number of amides is 1. The van der Waals surface area contributed by atoms with E-state index in [2.05, 4.69) is 32.5 Å². The summed E-state index contributed by atoms with van der Waals surface area (Å²) in [6, 6.07) is 11.6. The number of pyridine rings is 1. The molecule has 6 nitrogen and oxygen atoms in total. The van der Waals surface area contributed by atoms with Crippen molar-refractivity contribution in [2.24, 2.45) is 0 Å². The first kappa shape index (κ1) is 16.6. The van der Waals surface area contributed by atoms with Gasteiger partial charge in [0.05, 0.1) is 5.56 Å². The van der Waals surface area contributed by atoms with Gasteiger partial charge in [-0.1, -0.05) is 19.1 Å². The molecule has 0 bridgehead atoms. The lowest BCUT2D eigenvalue weighted by Crippen LogP contribution is -2.13. The molecular weight excluding hydrogens is 314 g/mol. The fourth-order valence-corrected chi connectivity index (χ4v) is 2.25. The van der Waals surface area contributed by atoms with E-state index in [1.54, 1.807) is 12.4 Å². The Bertz CT molecular complexity index is 817. The molecule has 2 N–H and O–H groups in total. The maximum absolute atomic E-state index is 12.2. The fourth-order valence-electron chi connectivity index (χ4n) is 2.25. The highest BCUT2D eigenvalue weighted by molar-refractivity contribution is 6.03. The van der Waals surface area contributed by atoms with Gasteiger partial charge in [-0.15, -0.1) is 0 Å². The number of hydrogen-bond donors (Lipinski definition) is 2. The first-order valence-corrected chi connectivity index (χ1v) is 8.09. The summed E-state index contributed by atoms with van der Waals surface area (Å²) in [4.78, 5) is 24.6. The number of anilines is 2. The van der Waals surface area contributed by atoms with Crippen molar-refractivity contribution in [3.05, 3.63) is 77.9 Å². The zero-order chi connectivity index (χ0) is 17.5. The zero-order valence-electron chi connectivity index (χ0n) is 13.9. The number of aryl methyl sites for hydroxylation is 1. The van der Waals surface area contributed by atoms with E-state index >= 15 is 0 Å². The molecule has 0 fully saturated rings. The molecule has 6 heteroatoms. The second kappa shape index (κ2) is 8.01. The number of carbonyl (C=O) groups excluding carboxylic acids is 1. The molecule has 0 saturated heterocycles. The molecule has 126 valence electrons. The number of rotatable bonds is 6. The molecule has 3 rings (SSSR count). The Morgan fingerprint density at radius 3 is 2.28 bits per heavy atom. The molecule has 0 aliphatic heterocycles. The minimum atomic E-state index is -0.232. The van der Waals surface area contributed by atoms with Crippen molar-refractivity contribution in [3.8, 4) is 0 Å². The molecule has 0 unspecified atom stereocenters. The lowest BCUT2D eigenvalue weighted by molar-refractivity contribution is 0.102. The lowest BCUT2D eigenvalue weighted by Gasteiger charge is -2.07. The second-order valence-corrected chi connectivity index (χ2v) is 5.51. The van der Waals surface area contributed by atoms with Crippen LogP contribution in [0.15, 0.2) is 61.2 Å². The molecule has 2 aromatic heterocycles. The van der Waals surface area contributed by atoms with Gasteiger partial charge in [0.1, 0.15) is 0 Å². The maximum atomic E-state index is 12.2. The normalized spacial score (nSPS) is 10.3. The molecule has 0 radical (unpaired) electrons. The van der Waals surface area contributed by atoms with Crippen molar-refractivity contribution in [2.45, 2.75) is 19.9 Å².